The highest BCUT2D eigenvalue weighted by atomic mass is 35.5. The average molecular weight is 260 g/mol. The lowest BCUT2D eigenvalue weighted by Gasteiger charge is -2.03. The molecular formula is C11H5Cl2F2N. The van der Waals surface area contributed by atoms with Crippen LogP contribution in [0.4, 0.5) is 8.78 Å². The highest BCUT2D eigenvalue weighted by Crippen LogP contribution is 2.25. The Morgan fingerprint density at radius 2 is 1.56 bits per heavy atom. The van der Waals surface area contributed by atoms with Crippen LogP contribution in [0, 0.1) is 11.6 Å². The SMILES string of the molecule is Fc1cc(F)cc(-c2ccc(Cl)c(Cl)n2)c1. The fraction of sp³-hybridized carbons (Fsp3) is 0. The number of pyridine rings is 1. The third-order valence-corrected chi connectivity index (χ3v) is 2.65. The molecule has 16 heavy (non-hydrogen) atoms. The lowest BCUT2D eigenvalue weighted by atomic mass is 10.1. The summed E-state index contributed by atoms with van der Waals surface area (Å²) in [7, 11) is 0. The summed E-state index contributed by atoms with van der Waals surface area (Å²) in [5.41, 5.74) is 0.684. The van der Waals surface area contributed by atoms with Gasteiger partial charge in [-0.3, -0.25) is 0 Å². The van der Waals surface area contributed by atoms with Gasteiger partial charge in [-0.25, -0.2) is 13.8 Å². The van der Waals surface area contributed by atoms with Gasteiger partial charge in [0, 0.05) is 11.6 Å². The Balaban J connectivity index is 2.54. The molecule has 0 saturated heterocycles. The summed E-state index contributed by atoms with van der Waals surface area (Å²) in [6.07, 6.45) is 0. The molecule has 1 nitrogen and oxygen atoms in total. The molecule has 0 aliphatic rings. The summed E-state index contributed by atoms with van der Waals surface area (Å²) in [6, 6.07) is 6.21. The van der Waals surface area contributed by atoms with Crippen molar-refractivity contribution < 1.29 is 8.78 Å². The highest BCUT2D eigenvalue weighted by Gasteiger charge is 2.06. The second-order valence-corrected chi connectivity index (χ2v) is 3.89. The zero-order chi connectivity index (χ0) is 11.7. The summed E-state index contributed by atoms with van der Waals surface area (Å²) in [6.45, 7) is 0. The number of hydrogen-bond acceptors (Lipinski definition) is 1. The normalized spacial score (nSPS) is 10.5. The van der Waals surface area contributed by atoms with Gasteiger partial charge in [-0.2, -0.15) is 0 Å². The molecule has 2 aromatic rings. The topological polar surface area (TPSA) is 12.9 Å². The van der Waals surface area contributed by atoms with Gasteiger partial charge in [-0.05, 0) is 24.3 Å². The molecule has 0 aliphatic carbocycles. The average Bonchev–Trinajstić information content (AvgIpc) is 2.20. The van der Waals surface area contributed by atoms with Crippen LogP contribution in [0.2, 0.25) is 10.2 Å². The first-order valence-electron chi connectivity index (χ1n) is 4.35. The van der Waals surface area contributed by atoms with E-state index in [0.29, 0.717) is 16.3 Å². The van der Waals surface area contributed by atoms with Crippen molar-refractivity contribution in [3.05, 3.63) is 52.1 Å². The number of rotatable bonds is 1. The quantitative estimate of drug-likeness (QED) is 0.695. The van der Waals surface area contributed by atoms with Crippen LogP contribution in [-0.4, -0.2) is 4.98 Å². The van der Waals surface area contributed by atoms with Crippen LogP contribution in [0.5, 0.6) is 0 Å². The lowest BCUT2D eigenvalue weighted by molar-refractivity contribution is 0.584. The molecule has 1 heterocycles. The monoisotopic (exact) mass is 259 g/mol. The van der Waals surface area contributed by atoms with Crippen molar-refractivity contribution in [2.45, 2.75) is 0 Å². The van der Waals surface area contributed by atoms with E-state index in [0.717, 1.165) is 6.07 Å². The Kier molecular flexibility index (Phi) is 3.08. The van der Waals surface area contributed by atoms with Crippen LogP contribution < -0.4 is 0 Å². The van der Waals surface area contributed by atoms with E-state index in [2.05, 4.69) is 4.98 Å². The lowest BCUT2D eigenvalue weighted by Crippen LogP contribution is -1.88. The zero-order valence-corrected chi connectivity index (χ0v) is 9.36. The zero-order valence-electron chi connectivity index (χ0n) is 7.85. The van der Waals surface area contributed by atoms with Crippen LogP contribution in [-0.2, 0) is 0 Å². The largest absolute Gasteiger partial charge is 0.235 e. The summed E-state index contributed by atoms with van der Waals surface area (Å²) in [5.74, 6) is -1.33. The van der Waals surface area contributed by atoms with E-state index in [9.17, 15) is 8.78 Å². The molecule has 0 N–H and O–H groups in total. The summed E-state index contributed by atoms with van der Waals surface area (Å²) in [5, 5.41) is 0.395. The summed E-state index contributed by atoms with van der Waals surface area (Å²) < 4.78 is 25.9. The van der Waals surface area contributed by atoms with E-state index in [4.69, 9.17) is 23.2 Å². The van der Waals surface area contributed by atoms with E-state index in [1.54, 1.807) is 6.07 Å². The van der Waals surface area contributed by atoms with Crippen LogP contribution in [0.15, 0.2) is 30.3 Å². The van der Waals surface area contributed by atoms with Gasteiger partial charge < -0.3 is 0 Å². The van der Waals surface area contributed by atoms with Crippen molar-refractivity contribution in [2.75, 3.05) is 0 Å². The van der Waals surface area contributed by atoms with Gasteiger partial charge in [0.05, 0.1) is 10.7 Å². The molecule has 0 unspecified atom stereocenters. The van der Waals surface area contributed by atoms with E-state index >= 15 is 0 Å². The van der Waals surface area contributed by atoms with Crippen LogP contribution in [0.25, 0.3) is 11.3 Å². The van der Waals surface area contributed by atoms with Crippen molar-refractivity contribution in [1.29, 1.82) is 0 Å². The van der Waals surface area contributed by atoms with E-state index in [1.165, 1.54) is 18.2 Å². The van der Waals surface area contributed by atoms with Gasteiger partial charge in [0.1, 0.15) is 16.8 Å². The smallest absolute Gasteiger partial charge is 0.148 e. The molecule has 0 fully saturated rings. The fourth-order valence-electron chi connectivity index (χ4n) is 1.28. The summed E-state index contributed by atoms with van der Waals surface area (Å²) in [4.78, 5) is 3.93. The van der Waals surface area contributed by atoms with Gasteiger partial charge >= 0.3 is 0 Å². The second kappa shape index (κ2) is 4.36. The molecule has 2 rings (SSSR count). The third kappa shape index (κ3) is 2.31. The Labute approximate surface area is 101 Å². The van der Waals surface area contributed by atoms with Crippen LogP contribution in [0.3, 0.4) is 0 Å². The predicted octanol–water partition coefficient (Wildman–Crippen LogP) is 4.33. The maximum atomic E-state index is 13.0. The summed E-state index contributed by atoms with van der Waals surface area (Å²) >= 11 is 11.4. The first kappa shape index (κ1) is 11.3. The van der Waals surface area contributed by atoms with Gasteiger partial charge in [-0.15, -0.1) is 0 Å². The van der Waals surface area contributed by atoms with Crippen molar-refractivity contribution in [3.8, 4) is 11.3 Å². The van der Waals surface area contributed by atoms with Crippen molar-refractivity contribution in [2.24, 2.45) is 0 Å². The fourth-order valence-corrected chi connectivity index (χ4v) is 1.54. The first-order chi connectivity index (χ1) is 7.56. The Hall–Kier alpha value is -1.19. The standard InChI is InChI=1S/C11H5Cl2F2N/c12-9-1-2-10(16-11(9)13)6-3-7(14)5-8(15)4-6/h1-5H. The second-order valence-electron chi connectivity index (χ2n) is 3.13. The minimum atomic E-state index is -0.664. The Morgan fingerprint density at radius 1 is 0.938 bits per heavy atom. The molecule has 0 radical (unpaired) electrons. The molecular weight excluding hydrogens is 255 g/mol. The minimum Gasteiger partial charge on any atom is -0.235 e. The molecule has 0 saturated carbocycles. The minimum absolute atomic E-state index is 0.101. The van der Waals surface area contributed by atoms with Crippen molar-refractivity contribution >= 4 is 23.2 Å². The molecule has 0 aliphatic heterocycles. The molecule has 0 spiro atoms. The molecule has 0 atom stereocenters. The van der Waals surface area contributed by atoms with Gasteiger partial charge in [0.25, 0.3) is 0 Å². The molecule has 0 bridgehead atoms. The predicted molar refractivity (Wildman–Crippen MR) is 59.6 cm³/mol. The Morgan fingerprint density at radius 3 is 2.12 bits per heavy atom. The Bertz CT molecular complexity index is 523. The van der Waals surface area contributed by atoms with Crippen molar-refractivity contribution in [1.82, 2.24) is 4.98 Å². The van der Waals surface area contributed by atoms with Gasteiger partial charge in [0.2, 0.25) is 0 Å². The molecule has 82 valence electrons. The molecule has 1 aromatic heterocycles. The van der Waals surface area contributed by atoms with E-state index < -0.39 is 11.6 Å². The number of aromatic nitrogens is 1. The van der Waals surface area contributed by atoms with Gasteiger partial charge in [0.15, 0.2) is 0 Å². The van der Waals surface area contributed by atoms with Crippen LogP contribution in [0.1, 0.15) is 0 Å². The van der Waals surface area contributed by atoms with Gasteiger partial charge in [-0.1, -0.05) is 23.2 Å². The number of halogens is 4. The molecule has 0 amide bonds. The number of nitrogens with zero attached hydrogens (tertiary/aromatic N) is 1. The first-order valence-corrected chi connectivity index (χ1v) is 5.10. The molecule has 5 heteroatoms. The van der Waals surface area contributed by atoms with Crippen molar-refractivity contribution in [3.63, 3.8) is 0 Å². The van der Waals surface area contributed by atoms with E-state index in [1.807, 2.05) is 0 Å². The maximum Gasteiger partial charge on any atom is 0.148 e. The molecule has 1 aromatic carbocycles. The number of benzene rings is 1. The third-order valence-electron chi connectivity index (χ3n) is 1.96. The highest BCUT2D eigenvalue weighted by molar-refractivity contribution is 6.41. The van der Waals surface area contributed by atoms with E-state index in [-0.39, 0.29) is 5.15 Å². The maximum absolute atomic E-state index is 13.0. The van der Waals surface area contributed by atoms with Crippen LogP contribution >= 0.6 is 23.2 Å². The number of hydrogen-bond donors (Lipinski definition) is 0.